The van der Waals surface area contributed by atoms with E-state index in [1.165, 1.54) is 0 Å². The number of ether oxygens (including phenoxy) is 2. The van der Waals surface area contributed by atoms with E-state index in [9.17, 15) is 4.79 Å². The van der Waals surface area contributed by atoms with Gasteiger partial charge in [-0.3, -0.25) is 4.79 Å². The van der Waals surface area contributed by atoms with Crippen LogP contribution in [0.4, 0.5) is 5.69 Å². The van der Waals surface area contributed by atoms with E-state index in [2.05, 4.69) is 10.6 Å². The van der Waals surface area contributed by atoms with E-state index >= 15 is 0 Å². The van der Waals surface area contributed by atoms with Crippen LogP contribution in [-0.2, 0) is 9.53 Å². The van der Waals surface area contributed by atoms with Crippen molar-refractivity contribution in [1.82, 2.24) is 5.32 Å². The number of amides is 1. The molecule has 5 heteroatoms. The summed E-state index contributed by atoms with van der Waals surface area (Å²) in [4.78, 5) is 11.7. The second kappa shape index (κ2) is 8.64. The Morgan fingerprint density at radius 3 is 2.86 bits per heavy atom. The number of carbonyl (C=O) groups is 1. The molecular formula is C16H24N2O3. The monoisotopic (exact) mass is 292 g/mol. The fourth-order valence-electron chi connectivity index (χ4n) is 2.25. The molecule has 0 spiro atoms. The molecule has 1 fully saturated rings. The number of benzene rings is 1. The van der Waals surface area contributed by atoms with Crippen LogP contribution < -0.4 is 15.4 Å². The molecule has 1 unspecified atom stereocenters. The lowest BCUT2D eigenvalue weighted by atomic mass is 10.2. The van der Waals surface area contributed by atoms with Crippen LogP contribution in [0, 0.1) is 0 Å². The Morgan fingerprint density at radius 2 is 2.19 bits per heavy atom. The van der Waals surface area contributed by atoms with Crippen LogP contribution in [-0.4, -0.2) is 38.8 Å². The normalized spacial score (nSPS) is 17.7. The Hall–Kier alpha value is -1.59. The van der Waals surface area contributed by atoms with Crippen molar-refractivity contribution >= 4 is 11.6 Å². The summed E-state index contributed by atoms with van der Waals surface area (Å²) in [7, 11) is 1.88. The molecule has 5 nitrogen and oxygen atoms in total. The first-order valence-corrected chi connectivity index (χ1v) is 7.57. The van der Waals surface area contributed by atoms with Crippen molar-refractivity contribution in [3.8, 4) is 5.75 Å². The fourth-order valence-corrected chi connectivity index (χ4v) is 2.25. The molecule has 1 atom stereocenters. The van der Waals surface area contributed by atoms with Crippen LogP contribution in [0.2, 0.25) is 0 Å². The predicted octanol–water partition coefficient (Wildman–Crippen LogP) is 2.18. The standard InChI is InChI=1S/C16H24N2O3/c1-17-10-2-5-16(19)18-13-6-8-14(9-7-13)21-12-15-4-3-11-20-15/h6-9,15,17H,2-5,10-12H2,1H3,(H,18,19). The van der Waals surface area contributed by atoms with Crippen molar-refractivity contribution < 1.29 is 14.3 Å². The van der Waals surface area contributed by atoms with Gasteiger partial charge in [0, 0.05) is 18.7 Å². The molecule has 21 heavy (non-hydrogen) atoms. The average molecular weight is 292 g/mol. The minimum atomic E-state index is 0.0401. The van der Waals surface area contributed by atoms with Gasteiger partial charge in [-0.2, -0.15) is 0 Å². The Kier molecular flexibility index (Phi) is 6.50. The molecule has 1 amide bonds. The van der Waals surface area contributed by atoms with Gasteiger partial charge in [0.2, 0.25) is 5.91 Å². The zero-order chi connectivity index (χ0) is 14.9. The minimum Gasteiger partial charge on any atom is -0.491 e. The highest BCUT2D eigenvalue weighted by atomic mass is 16.5. The molecule has 1 aromatic carbocycles. The van der Waals surface area contributed by atoms with E-state index in [0.717, 1.165) is 43.9 Å². The summed E-state index contributed by atoms with van der Waals surface area (Å²) in [5.41, 5.74) is 0.800. The van der Waals surface area contributed by atoms with Crippen molar-refractivity contribution in [1.29, 1.82) is 0 Å². The van der Waals surface area contributed by atoms with Gasteiger partial charge in [-0.1, -0.05) is 0 Å². The Morgan fingerprint density at radius 1 is 1.38 bits per heavy atom. The lowest BCUT2D eigenvalue weighted by Gasteiger charge is -2.12. The van der Waals surface area contributed by atoms with Crippen molar-refractivity contribution in [3.05, 3.63) is 24.3 Å². The molecule has 1 aromatic rings. The van der Waals surface area contributed by atoms with Crippen LogP contribution in [0.25, 0.3) is 0 Å². The van der Waals surface area contributed by atoms with Crippen molar-refractivity contribution in [2.24, 2.45) is 0 Å². The number of hydrogen-bond donors (Lipinski definition) is 2. The van der Waals surface area contributed by atoms with E-state index < -0.39 is 0 Å². The summed E-state index contributed by atoms with van der Waals surface area (Å²) >= 11 is 0. The number of anilines is 1. The Balaban J connectivity index is 1.71. The van der Waals surface area contributed by atoms with Gasteiger partial charge in [0.05, 0.1) is 6.10 Å². The second-order valence-electron chi connectivity index (χ2n) is 5.23. The van der Waals surface area contributed by atoms with E-state index in [4.69, 9.17) is 9.47 Å². The third kappa shape index (κ3) is 5.73. The highest BCUT2D eigenvalue weighted by molar-refractivity contribution is 5.90. The van der Waals surface area contributed by atoms with Gasteiger partial charge in [-0.05, 0) is 57.1 Å². The smallest absolute Gasteiger partial charge is 0.224 e. The molecule has 0 radical (unpaired) electrons. The highest BCUT2D eigenvalue weighted by Gasteiger charge is 2.15. The Labute approximate surface area is 126 Å². The summed E-state index contributed by atoms with van der Waals surface area (Å²) in [6.07, 6.45) is 3.77. The summed E-state index contributed by atoms with van der Waals surface area (Å²) in [6, 6.07) is 7.47. The Bertz CT molecular complexity index is 428. The summed E-state index contributed by atoms with van der Waals surface area (Å²) in [6.45, 7) is 2.28. The molecule has 0 aliphatic carbocycles. The van der Waals surface area contributed by atoms with Crippen LogP contribution >= 0.6 is 0 Å². The van der Waals surface area contributed by atoms with Gasteiger partial charge in [0.25, 0.3) is 0 Å². The van der Waals surface area contributed by atoms with Crippen LogP contribution in [0.3, 0.4) is 0 Å². The topological polar surface area (TPSA) is 59.6 Å². The molecule has 1 saturated heterocycles. The van der Waals surface area contributed by atoms with Gasteiger partial charge in [0.1, 0.15) is 12.4 Å². The van der Waals surface area contributed by atoms with Crippen LogP contribution in [0.5, 0.6) is 5.75 Å². The molecule has 116 valence electrons. The molecule has 2 N–H and O–H groups in total. The molecule has 1 aliphatic rings. The maximum Gasteiger partial charge on any atom is 0.224 e. The van der Waals surface area contributed by atoms with E-state index in [1.54, 1.807) is 0 Å². The quantitative estimate of drug-likeness (QED) is 0.721. The van der Waals surface area contributed by atoms with Crippen molar-refractivity contribution in [2.45, 2.75) is 31.8 Å². The van der Waals surface area contributed by atoms with E-state index in [0.29, 0.717) is 13.0 Å². The fraction of sp³-hybridized carbons (Fsp3) is 0.562. The second-order valence-corrected chi connectivity index (χ2v) is 5.23. The molecule has 0 bridgehead atoms. The van der Waals surface area contributed by atoms with Crippen LogP contribution in [0.15, 0.2) is 24.3 Å². The first kappa shape index (κ1) is 15.8. The zero-order valence-corrected chi connectivity index (χ0v) is 12.6. The summed E-state index contributed by atoms with van der Waals surface area (Å²) in [5, 5.41) is 5.90. The molecule has 0 saturated carbocycles. The first-order valence-electron chi connectivity index (χ1n) is 7.57. The zero-order valence-electron chi connectivity index (χ0n) is 12.6. The maximum absolute atomic E-state index is 11.7. The number of nitrogens with one attached hydrogen (secondary N) is 2. The number of carbonyl (C=O) groups excluding carboxylic acids is 1. The first-order chi connectivity index (χ1) is 10.3. The maximum atomic E-state index is 11.7. The lowest BCUT2D eigenvalue weighted by Crippen LogP contribution is -2.16. The average Bonchev–Trinajstić information content (AvgIpc) is 3.00. The molecule has 0 aromatic heterocycles. The van der Waals surface area contributed by atoms with E-state index in [-0.39, 0.29) is 12.0 Å². The largest absolute Gasteiger partial charge is 0.491 e. The van der Waals surface area contributed by atoms with Gasteiger partial charge < -0.3 is 20.1 Å². The third-order valence-corrected chi connectivity index (χ3v) is 3.43. The predicted molar refractivity (Wildman–Crippen MR) is 82.7 cm³/mol. The lowest BCUT2D eigenvalue weighted by molar-refractivity contribution is -0.116. The van der Waals surface area contributed by atoms with Crippen molar-refractivity contribution in [2.75, 3.05) is 32.1 Å². The van der Waals surface area contributed by atoms with Gasteiger partial charge in [0.15, 0.2) is 0 Å². The van der Waals surface area contributed by atoms with Crippen LogP contribution in [0.1, 0.15) is 25.7 Å². The van der Waals surface area contributed by atoms with Gasteiger partial charge >= 0.3 is 0 Å². The summed E-state index contributed by atoms with van der Waals surface area (Å²) < 4.78 is 11.2. The van der Waals surface area contributed by atoms with Crippen molar-refractivity contribution in [3.63, 3.8) is 0 Å². The number of rotatable bonds is 8. The SMILES string of the molecule is CNCCCC(=O)Nc1ccc(OCC2CCCO2)cc1. The third-order valence-electron chi connectivity index (χ3n) is 3.43. The minimum absolute atomic E-state index is 0.0401. The van der Waals surface area contributed by atoms with Gasteiger partial charge in [-0.15, -0.1) is 0 Å². The van der Waals surface area contributed by atoms with Gasteiger partial charge in [-0.25, -0.2) is 0 Å². The molecule has 2 rings (SSSR count). The highest BCUT2D eigenvalue weighted by Crippen LogP contribution is 2.18. The molecular weight excluding hydrogens is 268 g/mol. The molecule has 1 heterocycles. The summed E-state index contributed by atoms with van der Waals surface area (Å²) in [5.74, 6) is 0.844. The number of hydrogen-bond acceptors (Lipinski definition) is 4. The van der Waals surface area contributed by atoms with E-state index in [1.807, 2.05) is 31.3 Å². The molecule has 1 aliphatic heterocycles.